The van der Waals surface area contributed by atoms with Gasteiger partial charge in [0.25, 0.3) is 5.91 Å². The topological polar surface area (TPSA) is 92.3 Å². The number of aromatic nitrogens is 2. The molecule has 2 heterocycles. The third-order valence-electron chi connectivity index (χ3n) is 3.79. The van der Waals surface area contributed by atoms with Crippen molar-refractivity contribution in [1.29, 1.82) is 0 Å². The van der Waals surface area contributed by atoms with Gasteiger partial charge in [-0.1, -0.05) is 25.2 Å². The molecule has 25 heavy (non-hydrogen) atoms. The molecule has 1 aliphatic heterocycles. The first-order valence-electron chi connectivity index (χ1n) is 8.09. The zero-order valence-electron chi connectivity index (χ0n) is 14.1. The summed E-state index contributed by atoms with van der Waals surface area (Å²) < 4.78 is 25.3. The van der Waals surface area contributed by atoms with Crippen LogP contribution in [0.25, 0.3) is 0 Å². The van der Waals surface area contributed by atoms with Crippen molar-refractivity contribution in [1.82, 2.24) is 10.2 Å². The molecule has 1 aromatic carbocycles. The van der Waals surface area contributed by atoms with Crippen molar-refractivity contribution in [3.8, 4) is 0 Å². The minimum Gasteiger partial charge on any atom is -0.296 e. The minimum atomic E-state index is -3.21. The fraction of sp³-hybridized carbons (Fsp3) is 0.438. The first kappa shape index (κ1) is 17.8. The van der Waals surface area contributed by atoms with Crippen LogP contribution in [0.3, 0.4) is 0 Å². The van der Waals surface area contributed by atoms with Crippen LogP contribution in [0.5, 0.6) is 0 Å². The first-order chi connectivity index (χ1) is 11.8. The molecule has 1 aliphatic rings. The highest BCUT2D eigenvalue weighted by atomic mass is 32.2. The summed E-state index contributed by atoms with van der Waals surface area (Å²) in [7, 11) is -3.21. The molecule has 0 spiro atoms. The van der Waals surface area contributed by atoms with Gasteiger partial charge < -0.3 is 0 Å². The van der Waals surface area contributed by atoms with E-state index in [1.807, 2.05) is 0 Å². The highest BCUT2D eigenvalue weighted by molar-refractivity contribution is 7.93. The van der Waals surface area contributed by atoms with Gasteiger partial charge in [0.05, 0.1) is 11.4 Å². The van der Waals surface area contributed by atoms with Crippen molar-refractivity contribution in [2.45, 2.75) is 26.7 Å². The molecule has 0 aliphatic carbocycles. The van der Waals surface area contributed by atoms with Gasteiger partial charge in [0.2, 0.25) is 15.2 Å². The second-order valence-electron chi connectivity index (χ2n) is 6.34. The third-order valence-corrected chi connectivity index (χ3v) is 6.52. The van der Waals surface area contributed by atoms with Crippen LogP contribution in [0.15, 0.2) is 24.3 Å². The van der Waals surface area contributed by atoms with Crippen LogP contribution >= 0.6 is 11.3 Å². The minimum absolute atomic E-state index is 0.172. The number of anilines is 2. The van der Waals surface area contributed by atoms with Gasteiger partial charge in [-0.15, -0.1) is 10.2 Å². The Kier molecular flexibility index (Phi) is 5.05. The molecule has 9 heteroatoms. The molecule has 0 unspecified atom stereocenters. The second-order valence-corrected chi connectivity index (χ2v) is 9.42. The van der Waals surface area contributed by atoms with E-state index in [-0.39, 0.29) is 11.7 Å². The Hall–Kier alpha value is -2.00. The van der Waals surface area contributed by atoms with Crippen molar-refractivity contribution in [2.24, 2.45) is 5.92 Å². The number of nitrogens with one attached hydrogen (secondary N) is 1. The number of hydrogen-bond donors (Lipinski definition) is 1. The number of hydrogen-bond acceptors (Lipinski definition) is 6. The maximum atomic E-state index is 12.3. The molecule has 1 fully saturated rings. The number of amides is 1. The van der Waals surface area contributed by atoms with E-state index in [0.717, 1.165) is 11.4 Å². The monoisotopic (exact) mass is 380 g/mol. The number of carbonyl (C=O) groups excluding carboxylic acids is 1. The maximum absolute atomic E-state index is 12.3. The summed E-state index contributed by atoms with van der Waals surface area (Å²) in [5.41, 5.74) is 1.03. The first-order valence-corrected chi connectivity index (χ1v) is 10.5. The molecule has 0 radical (unpaired) electrons. The Morgan fingerprint density at radius 2 is 2.00 bits per heavy atom. The van der Waals surface area contributed by atoms with E-state index in [2.05, 4.69) is 29.4 Å². The highest BCUT2D eigenvalue weighted by Crippen LogP contribution is 2.25. The predicted molar refractivity (Wildman–Crippen MR) is 98.6 cm³/mol. The molecule has 0 saturated carbocycles. The average molecular weight is 380 g/mol. The molecule has 0 atom stereocenters. The van der Waals surface area contributed by atoms with Crippen LogP contribution in [-0.4, -0.2) is 36.8 Å². The summed E-state index contributed by atoms with van der Waals surface area (Å²) in [5, 5.41) is 12.1. The molecule has 7 nitrogen and oxygen atoms in total. The van der Waals surface area contributed by atoms with Gasteiger partial charge in [0.1, 0.15) is 5.01 Å². The smallest absolute Gasteiger partial charge is 0.257 e. The number of carbonyl (C=O) groups is 1. The van der Waals surface area contributed by atoms with Crippen molar-refractivity contribution in [2.75, 3.05) is 21.9 Å². The van der Waals surface area contributed by atoms with Gasteiger partial charge in [-0.2, -0.15) is 0 Å². The SMILES string of the molecule is CC(C)Cc1nnc(NC(=O)c2ccc(N3CCCS3(=O)=O)cc2)s1. The quantitative estimate of drug-likeness (QED) is 0.860. The summed E-state index contributed by atoms with van der Waals surface area (Å²) in [4.78, 5) is 12.3. The lowest BCUT2D eigenvalue weighted by molar-refractivity contribution is 0.102. The molecular weight excluding hydrogens is 360 g/mol. The van der Waals surface area contributed by atoms with E-state index in [4.69, 9.17) is 0 Å². The van der Waals surface area contributed by atoms with Crippen LogP contribution in [0.1, 0.15) is 35.6 Å². The van der Waals surface area contributed by atoms with Gasteiger partial charge in [-0.25, -0.2) is 8.42 Å². The van der Waals surface area contributed by atoms with E-state index in [9.17, 15) is 13.2 Å². The lowest BCUT2D eigenvalue weighted by Gasteiger charge is -2.16. The van der Waals surface area contributed by atoms with Crippen molar-refractivity contribution >= 4 is 38.1 Å². The number of rotatable bonds is 5. The average Bonchev–Trinajstić information content (AvgIpc) is 3.12. The fourth-order valence-electron chi connectivity index (χ4n) is 2.61. The van der Waals surface area contributed by atoms with Crippen molar-refractivity contribution in [3.05, 3.63) is 34.8 Å². The third kappa shape index (κ3) is 4.16. The lowest BCUT2D eigenvalue weighted by atomic mass is 10.1. The molecule has 134 valence electrons. The van der Waals surface area contributed by atoms with Crippen LogP contribution in [0.4, 0.5) is 10.8 Å². The Labute approximate surface area is 151 Å². The Balaban J connectivity index is 1.68. The molecule has 1 aromatic heterocycles. The standard InChI is InChI=1S/C16H20N4O3S2/c1-11(2)10-14-18-19-16(24-14)17-15(21)12-4-6-13(7-5-12)20-8-3-9-25(20,22)23/h4-7,11H,3,8-10H2,1-2H3,(H,17,19,21). The number of benzene rings is 1. The second kappa shape index (κ2) is 7.09. The van der Waals surface area contributed by atoms with Gasteiger partial charge >= 0.3 is 0 Å². The molecule has 1 saturated heterocycles. The Morgan fingerprint density at radius 3 is 2.60 bits per heavy atom. The fourth-order valence-corrected chi connectivity index (χ4v) is 5.13. The van der Waals surface area contributed by atoms with E-state index in [0.29, 0.717) is 35.3 Å². The van der Waals surface area contributed by atoms with Crippen molar-refractivity contribution in [3.63, 3.8) is 0 Å². The van der Waals surface area contributed by atoms with Gasteiger partial charge in [0.15, 0.2) is 0 Å². The summed E-state index contributed by atoms with van der Waals surface area (Å²) in [5.74, 6) is 0.361. The van der Waals surface area contributed by atoms with Gasteiger partial charge in [0, 0.05) is 18.5 Å². The van der Waals surface area contributed by atoms with Gasteiger partial charge in [-0.05, 0) is 36.6 Å². The predicted octanol–water partition coefficient (Wildman–Crippen LogP) is 2.53. The largest absolute Gasteiger partial charge is 0.296 e. The Bertz CT molecular complexity index is 860. The summed E-state index contributed by atoms with van der Waals surface area (Å²) in [6.45, 7) is 4.68. The lowest BCUT2D eigenvalue weighted by Crippen LogP contribution is -2.25. The molecule has 1 N–H and O–H groups in total. The van der Waals surface area contributed by atoms with Gasteiger partial charge in [-0.3, -0.25) is 14.4 Å². The highest BCUT2D eigenvalue weighted by Gasteiger charge is 2.28. The molecular formula is C16H20N4O3S2. The molecule has 1 amide bonds. The van der Waals surface area contributed by atoms with E-state index in [1.165, 1.54) is 15.6 Å². The number of sulfonamides is 1. The maximum Gasteiger partial charge on any atom is 0.257 e. The number of nitrogens with zero attached hydrogens (tertiary/aromatic N) is 3. The normalized spacial score (nSPS) is 16.4. The van der Waals surface area contributed by atoms with Crippen LogP contribution in [-0.2, 0) is 16.4 Å². The van der Waals surface area contributed by atoms with Crippen molar-refractivity contribution < 1.29 is 13.2 Å². The zero-order valence-corrected chi connectivity index (χ0v) is 15.7. The van der Waals surface area contributed by atoms with Crippen LogP contribution in [0.2, 0.25) is 0 Å². The summed E-state index contributed by atoms with van der Waals surface area (Å²) in [6, 6.07) is 6.55. The molecule has 3 rings (SSSR count). The molecule has 0 bridgehead atoms. The van der Waals surface area contributed by atoms with Crippen LogP contribution < -0.4 is 9.62 Å². The zero-order chi connectivity index (χ0) is 18.0. The van der Waals surface area contributed by atoms with E-state index >= 15 is 0 Å². The van der Waals surface area contributed by atoms with E-state index < -0.39 is 10.0 Å². The summed E-state index contributed by atoms with van der Waals surface area (Å²) >= 11 is 1.37. The van der Waals surface area contributed by atoms with Crippen LogP contribution in [0, 0.1) is 5.92 Å². The van der Waals surface area contributed by atoms with E-state index in [1.54, 1.807) is 24.3 Å². The summed E-state index contributed by atoms with van der Waals surface area (Å²) in [6.07, 6.45) is 1.45. The Morgan fingerprint density at radius 1 is 1.28 bits per heavy atom. The molecule has 2 aromatic rings.